The van der Waals surface area contributed by atoms with E-state index in [0.717, 1.165) is 6.07 Å². The third-order valence-electron chi connectivity index (χ3n) is 2.73. The minimum atomic E-state index is -1.25. The summed E-state index contributed by atoms with van der Waals surface area (Å²) in [4.78, 5) is 22.7. The van der Waals surface area contributed by atoms with E-state index in [9.17, 15) is 18.4 Å². The quantitative estimate of drug-likeness (QED) is 0.881. The highest BCUT2D eigenvalue weighted by Gasteiger charge is 2.27. The molecular formula is C13H15F2NO3. The molecule has 0 aliphatic heterocycles. The van der Waals surface area contributed by atoms with E-state index in [-0.39, 0.29) is 5.56 Å². The predicted octanol–water partition coefficient (Wildman–Crippen LogP) is 2.11. The van der Waals surface area contributed by atoms with Crippen molar-refractivity contribution in [3.05, 3.63) is 34.9 Å². The number of aliphatic carboxylic acids is 1. The van der Waals surface area contributed by atoms with Crippen LogP contribution in [0.2, 0.25) is 0 Å². The smallest absolute Gasteiger partial charge is 0.326 e. The first-order valence-electron chi connectivity index (χ1n) is 5.74. The molecule has 4 nitrogen and oxygen atoms in total. The average Bonchev–Trinajstić information content (AvgIpc) is 2.30. The van der Waals surface area contributed by atoms with E-state index in [0.29, 0.717) is 0 Å². The number of carbonyl (C=O) groups is 2. The third-order valence-corrected chi connectivity index (χ3v) is 2.73. The van der Waals surface area contributed by atoms with E-state index < -0.39 is 41.0 Å². The van der Waals surface area contributed by atoms with E-state index in [1.54, 1.807) is 13.8 Å². The van der Waals surface area contributed by atoms with Gasteiger partial charge in [-0.2, -0.15) is 0 Å². The molecule has 2 N–H and O–H groups in total. The largest absolute Gasteiger partial charge is 0.480 e. The summed E-state index contributed by atoms with van der Waals surface area (Å²) in [5.41, 5.74) is -0.644. The molecule has 0 aromatic heterocycles. The lowest BCUT2D eigenvalue weighted by Gasteiger charge is -2.18. The van der Waals surface area contributed by atoms with Gasteiger partial charge in [0, 0.05) is 0 Å². The summed E-state index contributed by atoms with van der Waals surface area (Å²) in [6.07, 6.45) is 0. The highest BCUT2D eigenvalue weighted by Crippen LogP contribution is 2.17. The van der Waals surface area contributed by atoms with Gasteiger partial charge in [-0.25, -0.2) is 13.6 Å². The van der Waals surface area contributed by atoms with Crippen LogP contribution in [0.3, 0.4) is 0 Å². The van der Waals surface area contributed by atoms with Crippen LogP contribution in [-0.2, 0) is 4.79 Å². The second kappa shape index (κ2) is 5.77. The van der Waals surface area contributed by atoms with Gasteiger partial charge in [0.15, 0.2) is 0 Å². The first-order chi connectivity index (χ1) is 8.75. The highest BCUT2D eigenvalue weighted by atomic mass is 19.1. The van der Waals surface area contributed by atoms with Gasteiger partial charge in [-0.05, 0) is 24.5 Å². The van der Waals surface area contributed by atoms with Crippen LogP contribution in [0.15, 0.2) is 12.1 Å². The predicted molar refractivity (Wildman–Crippen MR) is 64.8 cm³/mol. The summed E-state index contributed by atoms with van der Waals surface area (Å²) in [6, 6.07) is 0.976. The fourth-order valence-corrected chi connectivity index (χ4v) is 1.59. The van der Waals surface area contributed by atoms with Gasteiger partial charge in [0.05, 0.1) is 0 Å². The van der Waals surface area contributed by atoms with Crippen molar-refractivity contribution < 1.29 is 23.5 Å². The summed E-state index contributed by atoms with van der Waals surface area (Å²) in [5, 5.41) is 11.1. The first-order valence-corrected chi connectivity index (χ1v) is 5.74. The normalized spacial score (nSPS) is 12.3. The monoisotopic (exact) mass is 271 g/mol. The van der Waals surface area contributed by atoms with E-state index in [1.807, 2.05) is 0 Å². The number of benzene rings is 1. The minimum absolute atomic E-state index is 0.114. The third kappa shape index (κ3) is 3.27. The second-order valence-electron chi connectivity index (χ2n) is 4.59. The Labute approximate surface area is 109 Å². The second-order valence-corrected chi connectivity index (χ2v) is 4.59. The maximum absolute atomic E-state index is 13.7. The molecule has 0 radical (unpaired) electrons. The fraction of sp³-hybridized carbons (Fsp3) is 0.385. The molecular weight excluding hydrogens is 256 g/mol. The van der Waals surface area contributed by atoms with Crippen molar-refractivity contribution in [3.63, 3.8) is 0 Å². The van der Waals surface area contributed by atoms with Crippen molar-refractivity contribution in [2.75, 3.05) is 0 Å². The van der Waals surface area contributed by atoms with Gasteiger partial charge in [0.25, 0.3) is 5.91 Å². The number of aryl methyl sites for hydroxylation is 1. The fourth-order valence-electron chi connectivity index (χ4n) is 1.59. The molecule has 104 valence electrons. The maximum atomic E-state index is 13.7. The lowest BCUT2D eigenvalue weighted by atomic mass is 10.0. The number of amides is 1. The average molecular weight is 271 g/mol. The topological polar surface area (TPSA) is 66.4 Å². The van der Waals surface area contributed by atoms with E-state index >= 15 is 0 Å². The zero-order valence-corrected chi connectivity index (χ0v) is 10.8. The van der Waals surface area contributed by atoms with Gasteiger partial charge in [-0.3, -0.25) is 4.79 Å². The molecule has 0 unspecified atom stereocenters. The van der Waals surface area contributed by atoms with Gasteiger partial charge in [-0.1, -0.05) is 19.9 Å². The van der Waals surface area contributed by atoms with Gasteiger partial charge >= 0.3 is 5.97 Å². The van der Waals surface area contributed by atoms with Crippen LogP contribution in [0.1, 0.15) is 29.8 Å². The van der Waals surface area contributed by atoms with Crippen molar-refractivity contribution in [1.29, 1.82) is 0 Å². The van der Waals surface area contributed by atoms with Crippen molar-refractivity contribution >= 4 is 11.9 Å². The Hall–Kier alpha value is -1.98. The number of hydrogen-bond acceptors (Lipinski definition) is 2. The summed E-state index contributed by atoms with van der Waals surface area (Å²) in [7, 11) is 0. The standard InChI is InChI=1S/C13H15F2NO3/c1-6(2)11(13(18)19)16-12(17)9-8(14)5-4-7(3)10(9)15/h4-6,11H,1-3H3,(H,16,17)(H,18,19)/t11-/m1/s1. The Bertz CT molecular complexity index is 515. The highest BCUT2D eigenvalue weighted by molar-refractivity contribution is 5.97. The molecule has 0 bridgehead atoms. The SMILES string of the molecule is Cc1ccc(F)c(C(=O)N[C@@H](C(=O)O)C(C)C)c1F. The zero-order valence-electron chi connectivity index (χ0n) is 10.8. The molecule has 0 fully saturated rings. The Morgan fingerprint density at radius 1 is 1.26 bits per heavy atom. The van der Waals surface area contributed by atoms with E-state index in [1.165, 1.54) is 13.0 Å². The van der Waals surface area contributed by atoms with Crippen LogP contribution in [-0.4, -0.2) is 23.0 Å². The van der Waals surface area contributed by atoms with Crippen LogP contribution in [0.5, 0.6) is 0 Å². The van der Waals surface area contributed by atoms with Crippen LogP contribution in [0, 0.1) is 24.5 Å². The number of nitrogens with one attached hydrogen (secondary N) is 1. The Morgan fingerprint density at radius 2 is 1.84 bits per heavy atom. The lowest BCUT2D eigenvalue weighted by Crippen LogP contribution is -2.44. The van der Waals surface area contributed by atoms with Crippen LogP contribution in [0.4, 0.5) is 8.78 Å². The first kappa shape index (κ1) is 15.1. The molecule has 1 aromatic rings. The maximum Gasteiger partial charge on any atom is 0.326 e. The van der Waals surface area contributed by atoms with Crippen LogP contribution in [0.25, 0.3) is 0 Å². The number of halogens is 2. The minimum Gasteiger partial charge on any atom is -0.480 e. The Morgan fingerprint density at radius 3 is 2.32 bits per heavy atom. The molecule has 1 rings (SSSR count). The Kier molecular flexibility index (Phi) is 4.58. The van der Waals surface area contributed by atoms with Crippen LogP contribution >= 0.6 is 0 Å². The lowest BCUT2D eigenvalue weighted by molar-refractivity contribution is -0.140. The summed E-state index contributed by atoms with van der Waals surface area (Å²) < 4.78 is 27.2. The number of rotatable bonds is 4. The molecule has 0 aliphatic rings. The number of carbonyl (C=O) groups excluding carboxylic acids is 1. The number of carboxylic acid groups (broad SMARTS) is 1. The number of carboxylic acids is 1. The van der Waals surface area contributed by atoms with Crippen molar-refractivity contribution in [2.45, 2.75) is 26.8 Å². The summed E-state index contributed by atoms with van der Waals surface area (Å²) >= 11 is 0. The molecule has 1 atom stereocenters. The Balaban J connectivity index is 3.08. The van der Waals surface area contributed by atoms with E-state index in [2.05, 4.69) is 5.32 Å². The van der Waals surface area contributed by atoms with Gasteiger partial charge in [0.1, 0.15) is 23.2 Å². The van der Waals surface area contributed by atoms with Gasteiger partial charge < -0.3 is 10.4 Å². The molecule has 6 heteroatoms. The molecule has 1 amide bonds. The van der Waals surface area contributed by atoms with Crippen molar-refractivity contribution in [1.82, 2.24) is 5.32 Å². The molecule has 0 heterocycles. The number of hydrogen-bond donors (Lipinski definition) is 2. The zero-order chi connectivity index (χ0) is 14.7. The molecule has 1 aromatic carbocycles. The van der Waals surface area contributed by atoms with Crippen molar-refractivity contribution in [3.8, 4) is 0 Å². The molecule has 0 aliphatic carbocycles. The summed E-state index contributed by atoms with van der Waals surface area (Å²) in [6.45, 7) is 4.56. The van der Waals surface area contributed by atoms with Crippen LogP contribution < -0.4 is 5.32 Å². The molecule has 0 spiro atoms. The molecule has 0 saturated carbocycles. The van der Waals surface area contributed by atoms with E-state index in [4.69, 9.17) is 5.11 Å². The van der Waals surface area contributed by atoms with Gasteiger partial charge in [0.2, 0.25) is 0 Å². The van der Waals surface area contributed by atoms with Crippen molar-refractivity contribution in [2.24, 2.45) is 5.92 Å². The molecule has 0 saturated heterocycles. The van der Waals surface area contributed by atoms with Gasteiger partial charge in [-0.15, -0.1) is 0 Å². The molecule has 19 heavy (non-hydrogen) atoms. The summed E-state index contributed by atoms with van der Waals surface area (Å²) in [5.74, 6) is -4.73.